The molecule has 1 heterocycles. The van der Waals surface area contributed by atoms with Crippen molar-refractivity contribution in [3.05, 3.63) is 18.0 Å². The van der Waals surface area contributed by atoms with E-state index in [0.29, 0.717) is 6.54 Å². The maximum absolute atomic E-state index is 12.0. The molecule has 0 aliphatic carbocycles. The van der Waals surface area contributed by atoms with Crippen molar-refractivity contribution in [1.82, 2.24) is 20.0 Å². The number of likely N-dealkylation sites (N-methyl/N-ethyl adjacent to an activating group) is 1. The van der Waals surface area contributed by atoms with Gasteiger partial charge in [-0.1, -0.05) is 0 Å². The molecule has 1 aromatic rings. The highest BCUT2D eigenvalue weighted by Crippen LogP contribution is 2.14. The van der Waals surface area contributed by atoms with Crippen LogP contribution in [0.2, 0.25) is 0 Å². The Kier molecular flexibility index (Phi) is 4.52. The second-order valence-electron chi connectivity index (χ2n) is 4.75. The van der Waals surface area contributed by atoms with Gasteiger partial charge in [0.05, 0.1) is 12.2 Å². The van der Waals surface area contributed by atoms with E-state index in [4.69, 9.17) is 5.11 Å². The lowest BCUT2D eigenvalue weighted by Gasteiger charge is -2.34. The highest BCUT2D eigenvalue weighted by atomic mass is 16.4. The van der Waals surface area contributed by atoms with Crippen LogP contribution in [0.1, 0.15) is 26.5 Å². The van der Waals surface area contributed by atoms with E-state index >= 15 is 0 Å². The van der Waals surface area contributed by atoms with Crippen LogP contribution < -0.4 is 5.32 Å². The van der Waals surface area contributed by atoms with E-state index in [9.17, 15) is 9.59 Å². The zero-order chi connectivity index (χ0) is 14.6. The van der Waals surface area contributed by atoms with Crippen molar-refractivity contribution < 1.29 is 14.7 Å². The highest BCUT2D eigenvalue weighted by Gasteiger charge is 2.36. The topological polar surface area (TPSA) is 87.5 Å². The Balaban J connectivity index is 2.67. The molecular weight excluding hydrogens is 248 g/mol. The maximum Gasteiger partial charge on any atom is 0.329 e. The molecule has 0 aliphatic heterocycles. The van der Waals surface area contributed by atoms with Crippen molar-refractivity contribution in [2.24, 2.45) is 7.05 Å². The molecule has 0 fully saturated rings. The van der Waals surface area contributed by atoms with Crippen molar-refractivity contribution in [3.8, 4) is 0 Å². The van der Waals surface area contributed by atoms with E-state index in [0.717, 1.165) is 5.69 Å². The average molecular weight is 268 g/mol. The first-order chi connectivity index (χ1) is 8.78. The molecule has 0 aromatic carbocycles. The first kappa shape index (κ1) is 15.0. The molecule has 7 heteroatoms. The highest BCUT2D eigenvalue weighted by molar-refractivity contribution is 5.85. The quantitative estimate of drug-likeness (QED) is 0.827. The number of amides is 2. The van der Waals surface area contributed by atoms with Gasteiger partial charge in [0.2, 0.25) is 0 Å². The van der Waals surface area contributed by atoms with Crippen LogP contribution in [0, 0.1) is 0 Å². The van der Waals surface area contributed by atoms with Gasteiger partial charge < -0.3 is 15.3 Å². The number of rotatable bonds is 5. The predicted molar refractivity (Wildman–Crippen MR) is 69.5 cm³/mol. The summed E-state index contributed by atoms with van der Waals surface area (Å²) in [5, 5.41) is 15.9. The summed E-state index contributed by atoms with van der Waals surface area (Å²) in [4.78, 5) is 24.5. The molecule has 7 nitrogen and oxygen atoms in total. The van der Waals surface area contributed by atoms with Crippen molar-refractivity contribution >= 4 is 12.0 Å². The molecule has 0 saturated carbocycles. The number of carboxylic acids is 1. The van der Waals surface area contributed by atoms with Crippen molar-refractivity contribution in [2.75, 3.05) is 6.54 Å². The molecule has 0 saturated heterocycles. The second-order valence-corrected chi connectivity index (χ2v) is 4.75. The Morgan fingerprint density at radius 2 is 2.16 bits per heavy atom. The number of nitrogens with one attached hydrogen (secondary N) is 1. The number of urea groups is 1. The Bertz CT molecular complexity index is 467. The average Bonchev–Trinajstić information content (AvgIpc) is 2.73. The zero-order valence-electron chi connectivity index (χ0n) is 11.7. The molecule has 2 amide bonds. The minimum Gasteiger partial charge on any atom is -0.480 e. The molecule has 0 aliphatic rings. The smallest absolute Gasteiger partial charge is 0.329 e. The first-order valence-corrected chi connectivity index (χ1v) is 6.06. The fourth-order valence-electron chi connectivity index (χ4n) is 1.73. The Hall–Kier alpha value is -2.05. The number of nitrogens with zero attached hydrogens (tertiary/aromatic N) is 3. The Labute approximate surface area is 112 Å². The van der Waals surface area contributed by atoms with Crippen LogP contribution in [0.25, 0.3) is 0 Å². The number of aliphatic carboxylic acids is 1. The number of carboxylic acid groups (broad SMARTS) is 1. The van der Waals surface area contributed by atoms with Crippen LogP contribution in [-0.2, 0) is 18.4 Å². The molecule has 0 unspecified atom stereocenters. The van der Waals surface area contributed by atoms with Gasteiger partial charge in [-0.05, 0) is 26.8 Å². The lowest BCUT2D eigenvalue weighted by molar-refractivity contribution is -0.147. The Morgan fingerprint density at radius 1 is 1.53 bits per heavy atom. The number of aromatic nitrogens is 2. The lowest BCUT2D eigenvalue weighted by Crippen LogP contribution is -2.55. The first-order valence-electron chi connectivity index (χ1n) is 6.06. The van der Waals surface area contributed by atoms with Crippen LogP contribution in [0.5, 0.6) is 0 Å². The molecule has 1 rings (SSSR count). The normalized spacial score (nSPS) is 11.2. The molecule has 106 valence electrons. The summed E-state index contributed by atoms with van der Waals surface area (Å²) in [7, 11) is 1.79. The molecule has 0 bridgehead atoms. The Morgan fingerprint density at radius 3 is 2.58 bits per heavy atom. The van der Waals surface area contributed by atoms with Crippen molar-refractivity contribution in [1.29, 1.82) is 0 Å². The minimum atomic E-state index is -1.25. The molecular formula is C12H20N4O3. The third-order valence-electron chi connectivity index (χ3n) is 2.95. The lowest BCUT2D eigenvalue weighted by atomic mass is 10.0. The minimum absolute atomic E-state index is 0.270. The molecule has 0 spiro atoms. The van der Waals surface area contributed by atoms with Crippen molar-refractivity contribution in [3.63, 3.8) is 0 Å². The van der Waals surface area contributed by atoms with E-state index in [1.807, 2.05) is 0 Å². The van der Waals surface area contributed by atoms with Gasteiger partial charge in [0.25, 0.3) is 0 Å². The maximum atomic E-state index is 12.0. The fraction of sp³-hybridized carbons (Fsp3) is 0.583. The molecule has 0 radical (unpaired) electrons. The van der Waals surface area contributed by atoms with E-state index in [1.54, 1.807) is 30.9 Å². The van der Waals surface area contributed by atoms with Gasteiger partial charge in [0, 0.05) is 19.8 Å². The second kappa shape index (κ2) is 5.73. The predicted octanol–water partition coefficient (Wildman–Crippen LogP) is 0.815. The third-order valence-corrected chi connectivity index (χ3v) is 2.95. The van der Waals surface area contributed by atoms with E-state index < -0.39 is 17.5 Å². The van der Waals surface area contributed by atoms with Crippen molar-refractivity contribution in [2.45, 2.75) is 32.9 Å². The summed E-state index contributed by atoms with van der Waals surface area (Å²) in [5.41, 5.74) is -0.525. The number of hydrogen-bond acceptors (Lipinski definition) is 3. The van der Waals surface area contributed by atoms with Crippen LogP contribution in [0.3, 0.4) is 0 Å². The van der Waals surface area contributed by atoms with Gasteiger partial charge >= 0.3 is 12.0 Å². The third kappa shape index (κ3) is 3.46. The summed E-state index contributed by atoms with van der Waals surface area (Å²) < 4.78 is 1.64. The van der Waals surface area contributed by atoms with Gasteiger partial charge in [-0.3, -0.25) is 4.68 Å². The van der Waals surface area contributed by atoms with E-state index in [2.05, 4.69) is 10.4 Å². The fourth-order valence-corrected chi connectivity index (χ4v) is 1.73. The van der Waals surface area contributed by atoms with Crippen LogP contribution in [-0.4, -0.2) is 43.9 Å². The van der Waals surface area contributed by atoms with E-state index in [1.165, 1.54) is 18.7 Å². The van der Waals surface area contributed by atoms with Gasteiger partial charge in [0.1, 0.15) is 5.54 Å². The monoisotopic (exact) mass is 268 g/mol. The molecule has 1 aromatic heterocycles. The summed E-state index contributed by atoms with van der Waals surface area (Å²) in [6.07, 6.45) is 1.78. The summed E-state index contributed by atoms with van der Waals surface area (Å²) in [6.45, 7) is 5.32. The number of hydrogen-bond donors (Lipinski definition) is 2. The van der Waals surface area contributed by atoms with Gasteiger partial charge in [-0.15, -0.1) is 0 Å². The van der Waals surface area contributed by atoms with Crippen LogP contribution in [0.15, 0.2) is 12.3 Å². The largest absolute Gasteiger partial charge is 0.480 e. The van der Waals surface area contributed by atoms with Crippen LogP contribution >= 0.6 is 0 Å². The summed E-state index contributed by atoms with van der Waals surface area (Å²) in [6, 6.07) is 1.37. The van der Waals surface area contributed by atoms with Crippen LogP contribution in [0.4, 0.5) is 4.79 Å². The van der Waals surface area contributed by atoms with E-state index in [-0.39, 0.29) is 6.54 Å². The standard InChI is InChI=1S/C12H20N4O3/c1-5-16(12(2,3)10(17)18)11(19)13-8-9-6-7-15(4)14-9/h6-7H,5,8H2,1-4H3,(H,13,19)(H,17,18). The van der Waals surface area contributed by atoms with Gasteiger partial charge in [-0.2, -0.15) is 5.10 Å². The number of carbonyl (C=O) groups excluding carboxylic acids is 1. The molecule has 0 atom stereocenters. The molecule has 2 N–H and O–H groups in total. The number of aryl methyl sites for hydroxylation is 1. The van der Waals surface area contributed by atoms with Gasteiger partial charge in [0.15, 0.2) is 0 Å². The summed E-state index contributed by atoms with van der Waals surface area (Å²) in [5.74, 6) is -1.04. The zero-order valence-corrected chi connectivity index (χ0v) is 11.7. The summed E-state index contributed by atoms with van der Waals surface area (Å²) >= 11 is 0. The number of carbonyl (C=O) groups is 2. The van der Waals surface area contributed by atoms with Gasteiger partial charge in [-0.25, -0.2) is 9.59 Å². The SMILES string of the molecule is CCN(C(=O)NCc1ccn(C)n1)C(C)(C)C(=O)O. The molecule has 19 heavy (non-hydrogen) atoms.